The number of allylic oxidation sites excluding steroid dienone is 1. The molecule has 1 aromatic carbocycles. The predicted molar refractivity (Wildman–Crippen MR) is 98.1 cm³/mol. The summed E-state index contributed by atoms with van der Waals surface area (Å²) < 4.78 is 11.4. The number of benzene rings is 1. The molecule has 1 saturated carbocycles. The maximum atomic E-state index is 13.1. The molecule has 1 amide bonds. The first-order valence-electron chi connectivity index (χ1n) is 7.10. The topological polar surface area (TPSA) is 29.1 Å². The highest BCUT2D eigenvalue weighted by Crippen LogP contribution is 2.60. The Morgan fingerprint density at radius 2 is 1.79 bits per heavy atom. The maximum absolute atomic E-state index is 13.1. The van der Waals surface area contributed by atoms with Crippen molar-refractivity contribution in [2.24, 2.45) is 17.3 Å². The molecule has 24 heavy (non-hydrogen) atoms. The minimum absolute atomic E-state index is 0.105. The number of halogens is 6. The maximum Gasteiger partial charge on any atom is 0.224 e. The fourth-order valence-corrected chi connectivity index (χ4v) is 3.68. The van der Waals surface area contributed by atoms with Crippen molar-refractivity contribution < 1.29 is 9.18 Å². The quantitative estimate of drug-likeness (QED) is 0.585. The Morgan fingerprint density at radius 3 is 2.25 bits per heavy atom. The lowest BCUT2D eigenvalue weighted by Crippen LogP contribution is -2.38. The van der Waals surface area contributed by atoms with Crippen LogP contribution in [-0.2, 0) is 4.79 Å². The Bertz CT molecular complexity index is 649. The number of alkyl halides is 3. The summed E-state index contributed by atoms with van der Waals surface area (Å²) in [5.74, 6) is -1.15. The van der Waals surface area contributed by atoms with Gasteiger partial charge in [0, 0.05) is 0 Å². The van der Waals surface area contributed by atoms with Crippen molar-refractivity contribution in [1.29, 1.82) is 0 Å². The van der Waals surface area contributed by atoms with Crippen molar-refractivity contribution in [3.05, 3.63) is 46.2 Å². The molecule has 1 aliphatic rings. The lowest BCUT2D eigenvalue weighted by atomic mass is 10.1. The molecule has 0 saturated heterocycles. The van der Waals surface area contributed by atoms with Crippen molar-refractivity contribution in [2.75, 3.05) is 0 Å². The van der Waals surface area contributed by atoms with E-state index >= 15 is 0 Å². The summed E-state index contributed by atoms with van der Waals surface area (Å²) in [5.41, 5.74) is 0.186. The van der Waals surface area contributed by atoms with E-state index in [2.05, 4.69) is 5.32 Å². The van der Waals surface area contributed by atoms with Crippen LogP contribution in [0.2, 0.25) is 0 Å². The number of hydrogen-bond donors (Lipinski definition) is 1. The number of nitrogens with one attached hydrogen (secondary N) is 1. The summed E-state index contributed by atoms with van der Waals surface area (Å²) in [6, 6.07) is 4.50. The molecule has 0 aromatic heterocycles. The van der Waals surface area contributed by atoms with Crippen molar-refractivity contribution >= 4 is 63.9 Å². The Balaban J connectivity index is 2.21. The number of carbonyl (C=O) groups is 1. The van der Waals surface area contributed by atoms with Crippen LogP contribution in [0.5, 0.6) is 0 Å². The standard InChI is InChI=1S/C16H15Cl5FNO/c1-15(2)10(7-11(17)18)12(15)14(24)23-13(16(19,20)21)8-3-5-9(22)6-4-8/h3-7,10,12-13H,1-2H3,(H,23,24). The molecule has 2 rings (SSSR count). The van der Waals surface area contributed by atoms with Crippen LogP contribution in [0.15, 0.2) is 34.8 Å². The lowest BCUT2D eigenvalue weighted by molar-refractivity contribution is -0.123. The van der Waals surface area contributed by atoms with Gasteiger partial charge in [-0.05, 0) is 35.1 Å². The molecular weight excluding hydrogens is 418 g/mol. The summed E-state index contributed by atoms with van der Waals surface area (Å²) in [4.78, 5) is 12.6. The van der Waals surface area contributed by atoms with Gasteiger partial charge < -0.3 is 5.32 Å². The minimum Gasteiger partial charge on any atom is -0.345 e. The lowest BCUT2D eigenvalue weighted by Gasteiger charge is -2.26. The van der Waals surface area contributed by atoms with Crippen molar-refractivity contribution in [2.45, 2.75) is 23.7 Å². The Morgan fingerprint density at radius 1 is 1.25 bits per heavy atom. The molecule has 1 aromatic rings. The van der Waals surface area contributed by atoms with Gasteiger partial charge in [0.25, 0.3) is 0 Å². The molecule has 8 heteroatoms. The van der Waals surface area contributed by atoms with Gasteiger partial charge in [0.05, 0.1) is 5.92 Å². The zero-order valence-corrected chi connectivity index (χ0v) is 16.6. The van der Waals surface area contributed by atoms with E-state index in [0.29, 0.717) is 5.56 Å². The summed E-state index contributed by atoms with van der Waals surface area (Å²) in [5, 5.41) is 2.74. The van der Waals surface area contributed by atoms with Gasteiger partial charge in [-0.25, -0.2) is 4.39 Å². The first-order chi connectivity index (χ1) is 10.9. The first kappa shape index (κ1) is 20.1. The molecule has 132 valence electrons. The number of amides is 1. The highest BCUT2D eigenvalue weighted by molar-refractivity contribution is 6.68. The van der Waals surface area contributed by atoms with Crippen LogP contribution >= 0.6 is 58.0 Å². The molecule has 0 aliphatic heterocycles. The van der Waals surface area contributed by atoms with Gasteiger partial charge in [0.15, 0.2) is 0 Å². The van der Waals surface area contributed by atoms with E-state index in [0.717, 1.165) is 0 Å². The second-order valence-corrected chi connectivity index (χ2v) is 9.69. The van der Waals surface area contributed by atoms with E-state index in [4.69, 9.17) is 58.0 Å². The molecule has 3 unspecified atom stereocenters. The highest BCUT2D eigenvalue weighted by atomic mass is 35.6. The van der Waals surface area contributed by atoms with Crippen LogP contribution in [-0.4, -0.2) is 9.70 Å². The number of rotatable bonds is 4. The first-order valence-corrected chi connectivity index (χ1v) is 8.99. The fourth-order valence-electron chi connectivity index (χ4n) is 2.87. The van der Waals surface area contributed by atoms with Gasteiger partial charge in [-0.3, -0.25) is 4.79 Å². The molecule has 1 fully saturated rings. The zero-order chi connectivity index (χ0) is 18.3. The van der Waals surface area contributed by atoms with Crippen LogP contribution in [0, 0.1) is 23.1 Å². The fraction of sp³-hybridized carbons (Fsp3) is 0.438. The summed E-state index contributed by atoms with van der Waals surface area (Å²) >= 11 is 29.4. The van der Waals surface area contributed by atoms with Gasteiger partial charge >= 0.3 is 0 Å². The molecule has 0 heterocycles. The van der Waals surface area contributed by atoms with Gasteiger partial charge in [-0.1, -0.05) is 84.0 Å². The van der Waals surface area contributed by atoms with Crippen LogP contribution in [0.3, 0.4) is 0 Å². The third kappa shape index (κ3) is 4.50. The summed E-state index contributed by atoms with van der Waals surface area (Å²) in [6.07, 6.45) is 1.63. The van der Waals surface area contributed by atoms with Gasteiger partial charge in [0.2, 0.25) is 9.70 Å². The van der Waals surface area contributed by atoms with E-state index in [9.17, 15) is 9.18 Å². The van der Waals surface area contributed by atoms with E-state index in [1.54, 1.807) is 6.08 Å². The normalized spacial score (nSPS) is 23.3. The van der Waals surface area contributed by atoms with Crippen LogP contribution in [0.4, 0.5) is 4.39 Å². The molecule has 0 spiro atoms. The van der Waals surface area contributed by atoms with Crippen molar-refractivity contribution in [1.82, 2.24) is 5.32 Å². The van der Waals surface area contributed by atoms with Crippen molar-refractivity contribution in [3.63, 3.8) is 0 Å². The average molecular weight is 434 g/mol. The largest absolute Gasteiger partial charge is 0.345 e. The number of hydrogen-bond acceptors (Lipinski definition) is 1. The molecule has 0 radical (unpaired) electrons. The van der Waals surface area contributed by atoms with Crippen molar-refractivity contribution in [3.8, 4) is 0 Å². The Hall–Kier alpha value is -0.190. The average Bonchev–Trinajstić information content (AvgIpc) is 2.96. The van der Waals surface area contributed by atoms with E-state index in [1.165, 1.54) is 24.3 Å². The zero-order valence-electron chi connectivity index (χ0n) is 12.8. The predicted octanol–water partition coefficient (Wildman–Crippen LogP) is 5.94. The van der Waals surface area contributed by atoms with E-state index in [-0.39, 0.29) is 27.6 Å². The van der Waals surface area contributed by atoms with Crippen LogP contribution < -0.4 is 5.32 Å². The van der Waals surface area contributed by atoms with Gasteiger partial charge in [-0.15, -0.1) is 0 Å². The third-order valence-electron chi connectivity index (χ3n) is 4.32. The minimum atomic E-state index is -1.79. The Kier molecular flexibility index (Phi) is 6.04. The van der Waals surface area contributed by atoms with E-state index < -0.39 is 15.7 Å². The molecular formula is C16H15Cl5FNO. The molecule has 3 atom stereocenters. The molecule has 0 bridgehead atoms. The van der Waals surface area contributed by atoms with Gasteiger partial charge in [0.1, 0.15) is 16.4 Å². The summed E-state index contributed by atoms with van der Waals surface area (Å²) in [6.45, 7) is 3.86. The monoisotopic (exact) mass is 431 g/mol. The SMILES string of the molecule is CC1(C)C(C=C(Cl)Cl)C1C(=O)NC(c1ccc(F)cc1)C(Cl)(Cl)Cl. The second-order valence-electron chi connectivity index (χ2n) is 6.32. The van der Waals surface area contributed by atoms with Crippen LogP contribution in [0.1, 0.15) is 25.5 Å². The molecule has 2 nitrogen and oxygen atoms in total. The number of carbonyl (C=O) groups excluding carboxylic acids is 1. The Labute approximate surface area is 165 Å². The molecule has 1 N–H and O–H groups in total. The summed E-state index contributed by atoms with van der Waals surface area (Å²) in [7, 11) is 0. The van der Waals surface area contributed by atoms with E-state index in [1.807, 2.05) is 13.8 Å². The smallest absolute Gasteiger partial charge is 0.224 e. The molecule has 1 aliphatic carbocycles. The highest BCUT2D eigenvalue weighted by Gasteiger charge is 2.61. The van der Waals surface area contributed by atoms with Crippen LogP contribution in [0.25, 0.3) is 0 Å². The third-order valence-corrected chi connectivity index (χ3v) is 5.22. The van der Waals surface area contributed by atoms with Gasteiger partial charge in [-0.2, -0.15) is 0 Å². The second kappa shape index (κ2) is 7.20.